The second-order valence-electron chi connectivity index (χ2n) is 14.6. The number of nitrogens with zero attached hydrogens (tertiary/aromatic N) is 1. The topological polar surface area (TPSA) is 130 Å². The molecule has 0 heterocycles. The van der Waals surface area contributed by atoms with E-state index < -0.39 is 52.3 Å². The quantitative estimate of drug-likeness (QED) is 0.236. The van der Waals surface area contributed by atoms with Gasteiger partial charge in [-0.05, 0) is 107 Å². The first kappa shape index (κ1) is 38.8. The van der Waals surface area contributed by atoms with Crippen molar-refractivity contribution in [2.45, 2.75) is 118 Å². The molecule has 1 rings (SSSR count). The van der Waals surface area contributed by atoms with Crippen LogP contribution in [-0.2, 0) is 44.5 Å². The van der Waals surface area contributed by atoms with Gasteiger partial charge in [0.25, 0.3) is 0 Å². The zero-order valence-corrected chi connectivity index (χ0v) is 28.8. The maximum Gasteiger partial charge on any atom is 0.344 e. The predicted octanol–water partition coefficient (Wildman–Crippen LogP) is 4.23. The fraction of sp³-hybridized carbons (Fsp3) is 0.697. The Balaban J connectivity index is 2.96. The summed E-state index contributed by atoms with van der Waals surface area (Å²) in [5.41, 5.74) is -1.82. The van der Waals surface area contributed by atoms with E-state index in [-0.39, 0.29) is 32.8 Å². The zero-order chi connectivity index (χ0) is 33.9. The lowest BCUT2D eigenvalue weighted by molar-refractivity contribution is -0.161. The van der Waals surface area contributed by atoms with Crippen LogP contribution in [0.3, 0.4) is 0 Å². The Morgan fingerprint density at radius 2 is 1.09 bits per heavy atom. The van der Waals surface area contributed by atoms with Gasteiger partial charge in [-0.3, -0.25) is 19.3 Å². The van der Waals surface area contributed by atoms with Gasteiger partial charge in [0.05, 0.1) is 13.1 Å². The Labute approximate surface area is 263 Å². The molecule has 44 heavy (non-hydrogen) atoms. The summed E-state index contributed by atoms with van der Waals surface area (Å²) in [7, 11) is 0. The maximum atomic E-state index is 13.1. The smallest absolute Gasteiger partial charge is 0.344 e. The van der Waals surface area contributed by atoms with Crippen LogP contribution >= 0.6 is 0 Å². The number of hydrogen-bond acceptors (Lipinski definition) is 11. The van der Waals surface area contributed by atoms with E-state index in [0.29, 0.717) is 12.2 Å². The molecule has 0 spiro atoms. The summed E-state index contributed by atoms with van der Waals surface area (Å²) in [6.45, 7) is 21.4. The molecule has 0 fully saturated rings. The van der Waals surface area contributed by atoms with Gasteiger partial charge in [0, 0.05) is 13.1 Å². The Hall–Kier alpha value is -3.18. The standard InChI is InChI=1S/C33H54N2O9/c1-30(2,3)41-26(36)20-35(21-27(37)42-31(4,5)6)18-17-34-25(29(39)44-33(10,11)12)19-23-13-15-24(16-14-23)40-22-28(38)43-32(7,8)9/h13-16,25,34H,17-22H2,1-12H3/t25-/m0/s1. The first-order chi connectivity index (χ1) is 19.9. The molecule has 0 aliphatic carbocycles. The third-order valence-corrected chi connectivity index (χ3v) is 5.20. The number of nitrogens with one attached hydrogen (secondary N) is 1. The van der Waals surface area contributed by atoms with Crippen molar-refractivity contribution >= 4 is 23.9 Å². The van der Waals surface area contributed by atoms with Crippen LogP contribution in [0.5, 0.6) is 5.75 Å². The molecule has 0 amide bonds. The molecule has 0 aliphatic heterocycles. The van der Waals surface area contributed by atoms with Gasteiger partial charge in [0.15, 0.2) is 6.61 Å². The van der Waals surface area contributed by atoms with Gasteiger partial charge in [-0.1, -0.05) is 12.1 Å². The van der Waals surface area contributed by atoms with Crippen LogP contribution in [0.1, 0.15) is 88.6 Å². The lowest BCUT2D eigenvalue weighted by atomic mass is 10.1. The molecule has 0 bridgehead atoms. The van der Waals surface area contributed by atoms with E-state index >= 15 is 0 Å². The minimum atomic E-state index is -0.715. The molecule has 0 aromatic heterocycles. The average Bonchev–Trinajstić information content (AvgIpc) is 2.78. The van der Waals surface area contributed by atoms with Crippen LogP contribution < -0.4 is 10.1 Å². The highest BCUT2D eigenvalue weighted by atomic mass is 16.6. The van der Waals surface area contributed by atoms with Crippen LogP contribution in [0.4, 0.5) is 0 Å². The monoisotopic (exact) mass is 622 g/mol. The van der Waals surface area contributed by atoms with Crippen LogP contribution in [0.15, 0.2) is 24.3 Å². The molecule has 0 unspecified atom stereocenters. The normalized spacial score (nSPS) is 13.2. The van der Waals surface area contributed by atoms with E-state index in [0.717, 1.165) is 5.56 Å². The van der Waals surface area contributed by atoms with Gasteiger partial charge >= 0.3 is 23.9 Å². The summed E-state index contributed by atoms with van der Waals surface area (Å²) in [4.78, 5) is 51.9. The van der Waals surface area contributed by atoms with E-state index in [1.54, 1.807) is 112 Å². The fourth-order valence-electron chi connectivity index (χ4n) is 3.81. The third kappa shape index (κ3) is 19.2. The van der Waals surface area contributed by atoms with Crippen molar-refractivity contribution in [1.29, 1.82) is 0 Å². The largest absolute Gasteiger partial charge is 0.482 e. The van der Waals surface area contributed by atoms with Gasteiger partial charge in [-0.15, -0.1) is 0 Å². The second kappa shape index (κ2) is 16.2. The lowest BCUT2D eigenvalue weighted by Crippen LogP contribution is -2.47. The minimum Gasteiger partial charge on any atom is -0.482 e. The van der Waals surface area contributed by atoms with Crippen molar-refractivity contribution in [3.8, 4) is 5.75 Å². The average molecular weight is 623 g/mol. The number of rotatable bonds is 14. The SMILES string of the molecule is CC(C)(C)OC(=O)COc1ccc(C[C@H](NCCN(CC(=O)OC(C)(C)C)CC(=O)OC(C)(C)C)C(=O)OC(C)(C)C)cc1. The fourth-order valence-corrected chi connectivity index (χ4v) is 3.81. The highest BCUT2D eigenvalue weighted by molar-refractivity contribution is 5.77. The molecule has 11 heteroatoms. The molecule has 250 valence electrons. The maximum absolute atomic E-state index is 13.1. The molecule has 0 aliphatic rings. The molecule has 1 aromatic rings. The summed E-state index contributed by atoms with van der Waals surface area (Å²) < 4.78 is 27.4. The number of esters is 4. The Kier molecular flexibility index (Phi) is 14.3. The molecule has 0 saturated heterocycles. The molecule has 0 radical (unpaired) electrons. The number of benzene rings is 1. The van der Waals surface area contributed by atoms with Crippen molar-refractivity contribution in [2.24, 2.45) is 0 Å². The zero-order valence-electron chi connectivity index (χ0n) is 28.8. The number of carbonyl (C=O) groups is 4. The summed E-state index contributed by atoms with van der Waals surface area (Å²) in [5.74, 6) is -1.37. The number of hydrogen-bond donors (Lipinski definition) is 1. The van der Waals surface area contributed by atoms with Crippen molar-refractivity contribution in [3.05, 3.63) is 29.8 Å². The predicted molar refractivity (Wildman–Crippen MR) is 167 cm³/mol. The van der Waals surface area contributed by atoms with Crippen molar-refractivity contribution in [2.75, 3.05) is 32.8 Å². The van der Waals surface area contributed by atoms with Gasteiger partial charge in [0.1, 0.15) is 34.2 Å². The Bertz CT molecular complexity index is 1060. The highest BCUT2D eigenvalue weighted by Gasteiger charge is 2.27. The van der Waals surface area contributed by atoms with Gasteiger partial charge in [-0.25, -0.2) is 4.79 Å². The molecular weight excluding hydrogens is 568 g/mol. The molecular formula is C33H54N2O9. The van der Waals surface area contributed by atoms with Gasteiger partial charge in [0.2, 0.25) is 0 Å². The molecule has 1 aromatic carbocycles. The van der Waals surface area contributed by atoms with E-state index in [9.17, 15) is 19.2 Å². The first-order valence-electron chi connectivity index (χ1n) is 15.0. The summed E-state index contributed by atoms with van der Waals surface area (Å²) in [6, 6.07) is 6.33. The summed E-state index contributed by atoms with van der Waals surface area (Å²) >= 11 is 0. The van der Waals surface area contributed by atoms with Crippen LogP contribution in [0, 0.1) is 0 Å². The summed E-state index contributed by atoms with van der Waals surface area (Å²) in [5, 5.41) is 3.23. The van der Waals surface area contributed by atoms with Crippen molar-refractivity contribution in [3.63, 3.8) is 0 Å². The van der Waals surface area contributed by atoms with Crippen molar-refractivity contribution < 1.29 is 42.9 Å². The Morgan fingerprint density at radius 1 is 0.659 bits per heavy atom. The van der Waals surface area contributed by atoms with E-state index in [1.807, 2.05) is 0 Å². The van der Waals surface area contributed by atoms with Crippen LogP contribution in [0.25, 0.3) is 0 Å². The lowest BCUT2D eigenvalue weighted by Gasteiger charge is -2.28. The van der Waals surface area contributed by atoms with Gasteiger partial charge < -0.3 is 29.0 Å². The number of ether oxygens (including phenoxy) is 5. The van der Waals surface area contributed by atoms with Crippen molar-refractivity contribution in [1.82, 2.24) is 10.2 Å². The van der Waals surface area contributed by atoms with E-state index in [1.165, 1.54) is 0 Å². The molecule has 1 N–H and O–H groups in total. The minimum absolute atomic E-state index is 0.125. The van der Waals surface area contributed by atoms with E-state index in [4.69, 9.17) is 23.7 Å². The molecule has 1 atom stereocenters. The van der Waals surface area contributed by atoms with Crippen LogP contribution in [0.2, 0.25) is 0 Å². The highest BCUT2D eigenvalue weighted by Crippen LogP contribution is 2.17. The molecule has 11 nitrogen and oxygen atoms in total. The molecule has 0 saturated carbocycles. The van der Waals surface area contributed by atoms with E-state index in [2.05, 4.69) is 5.32 Å². The van der Waals surface area contributed by atoms with Gasteiger partial charge in [-0.2, -0.15) is 0 Å². The first-order valence-corrected chi connectivity index (χ1v) is 15.0. The second-order valence-corrected chi connectivity index (χ2v) is 14.6. The summed E-state index contributed by atoms with van der Waals surface area (Å²) in [6.07, 6.45) is 0.305. The number of carbonyl (C=O) groups excluding carboxylic acids is 4. The Morgan fingerprint density at radius 3 is 1.52 bits per heavy atom. The van der Waals surface area contributed by atoms with Crippen LogP contribution in [-0.4, -0.2) is 90.0 Å². The third-order valence-electron chi connectivity index (χ3n) is 5.20.